The molecule has 2 rings (SSSR count). The van der Waals surface area contributed by atoms with Crippen LogP contribution in [0.5, 0.6) is 0 Å². The SMILES string of the molecule is CCOCCCNc1nccn1-c1ccc(C)cc1Cl. The number of anilines is 1. The highest BCUT2D eigenvalue weighted by atomic mass is 35.5. The molecule has 2 aromatic rings. The summed E-state index contributed by atoms with van der Waals surface area (Å²) >= 11 is 6.30. The predicted octanol–water partition coefficient (Wildman–Crippen LogP) is 3.67. The Bertz CT molecular complexity index is 554. The predicted molar refractivity (Wildman–Crippen MR) is 82.9 cm³/mol. The summed E-state index contributed by atoms with van der Waals surface area (Å²) in [6.07, 6.45) is 4.62. The second-order valence-electron chi connectivity index (χ2n) is 4.55. The first kappa shape index (κ1) is 14.9. The van der Waals surface area contributed by atoms with Crippen molar-refractivity contribution in [3.8, 4) is 5.69 Å². The Morgan fingerprint density at radius 3 is 3.00 bits per heavy atom. The van der Waals surface area contributed by atoms with Crippen LogP contribution in [0.3, 0.4) is 0 Å². The fourth-order valence-corrected chi connectivity index (χ4v) is 2.28. The van der Waals surface area contributed by atoms with Crippen LogP contribution in [0.2, 0.25) is 5.02 Å². The Balaban J connectivity index is 2.04. The third-order valence-electron chi connectivity index (χ3n) is 2.96. The molecule has 0 unspecified atom stereocenters. The molecule has 0 fully saturated rings. The molecule has 4 nitrogen and oxygen atoms in total. The molecule has 0 bridgehead atoms. The number of halogens is 1. The van der Waals surface area contributed by atoms with Crippen LogP contribution in [-0.2, 0) is 4.74 Å². The van der Waals surface area contributed by atoms with Gasteiger partial charge in [-0.05, 0) is 38.0 Å². The normalized spacial score (nSPS) is 10.8. The van der Waals surface area contributed by atoms with Gasteiger partial charge < -0.3 is 10.1 Å². The van der Waals surface area contributed by atoms with Gasteiger partial charge in [-0.1, -0.05) is 17.7 Å². The molecule has 1 aromatic carbocycles. The van der Waals surface area contributed by atoms with E-state index in [2.05, 4.69) is 10.3 Å². The summed E-state index contributed by atoms with van der Waals surface area (Å²) in [5, 5.41) is 4.03. The highest BCUT2D eigenvalue weighted by Gasteiger charge is 2.08. The van der Waals surface area contributed by atoms with Gasteiger partial charge in [0.25, 0.3) is 0 Å². The number of hydrogen-bond acceptors (Lipinski definition) is 3. The van der Waals surface area contributed by atoms with Gasteiger partial charge in [0.1, 0.15) is 0 Å². The molecule has 0 aliphatic heterocycles. The second-order valence-corrected chi connectivity index (χ2v) is 4.96. The van der Waals surface area contributed by atoms with Crippen molar-refractivity contribution in [3.05, 3.63) is 41.2 Å². The minimum absolute atomic E-state index is 0.723. The summed E-state index contributed by atoms with van der Waals surface area (Å²) in [6.45, 7) is 6.36. The first-order chi connectivity index (χ1) is 9.72. The lowest BCUT2D eigenvalue weighted by Crippen LogP contribution is -2.10. The first-order valence-corrected chi connectivity index (χ1v) is 7.21. The van der Waals surface area contributed by atoms with E-state index < -0.39 is 0 Å². The summed E-state index contributed by atoms with van der Waals surface area (Å²) < 4.78 is 7.27. The molecule has 0 aliphatic carbocycles. The Labute approximate surface area is 124 Å². The number of rotatable bonds is 7. The molecule has 20 heavy (non-hydrogen) atoms. The highest BCUT2D eigenvalue weighted by Crippen LogP contribution is 2.24. The molecule has 1 heterocycles. The van der Waals surface area contributed by atoms with Crippen molar-refractivity contribution in [2.45, 2.75) is 20.3 Å². The molecule has 1 N–H and O–H groups in total. The van der Waals surface area contributed by atoms with Gasteiger partial charge in [-0.2, -0.15) is 0 Å². The maximum Gasteiger partial charge on any atom is 0.207 e. The number of nitrogens with one attached hydrogen (secondary N) is 1. The molecule has 0 atom stereocenters. The average molecular weight is 294 g/mol. The van der Waals surface area contributed by atoms with Gasteiger partial charge in [0.15, 0.2) is 0 Å². The van der Waals surface area contributed by atoms with Crippen molar-refractivity contribution in [2.24, 2.45) is 0 Å². The molecule has 1 aromatic heterocycles. The van der Waals surface area contributed by atoms with Crippen LogP contribution >= 0.6 is 11.6 Å². The molecule has 0 aliphatic rings. The summed E-state index contributed by atoms with van der Waals surface area (Å²) in [5.74, 6) is 0.798. The van der Waals surface area contributed by atoms with E-state index in [4.69, 9.17) is 16.3 Å². The zero-order valence-electron chi connectivity index (χ0n) is 11.9. The van der Waals surface area contributed by atoms with Gasteiger partial charge in [0.2, 0.25) is 5.95 Å². The van der Waals surface area contributed by atoms with Gasteiger partial charge >= 0.3 is 0 Å². The van der Waals surface area contributed by atoms with E-state index in [1.807, 2.05) is 42.8 Å². The van der Waals surface area contributed by atoms with Crippen molar-refractivity contribution in [1.82, 2.24) is 9.55 Å². The van der Waals surface area contributed by atoms with Crippen LogP contribution in [0, 0.1) is 6.92 Å². The monoisotopic (exact) mass is 293 g/mol. The lowest BCUT2D eigenvalue weighted by atomic mass is 10.2. The van der Waals surface area contributed by atoms with Gasteiger partial charge in [0, 0.05) is 32.2 Å². The second kappa shape index (κ2) is 7.31. The number of ether oxygens (including phenoxy) is 1. The molecule has 0 amide bonds. The molecule has 0 saturated carbocycles. The van der Waals surface area contributed by atoms with Crippen LogP contribution in [0.15, 0.2) is 30.6 Å². The Kier molecular flexibility index (Phi) is 5.44. The topological polar surface area (TPSA) is 39.1 Å². The third-order valence-corrected chi connectivity index (χ3v) is 3.26. The minimum atomic E-state index is 0.723. The van der Waals surface area contributed by atoms with E-state index in [1.54, 1.807) is 6.20 Å². The summed E-state index contributed by atoms with van der Waals surface area (Å²) in [4.78, 5) is 4.33. The number of benzene rings is 1. The van der Waals surface area contributed by atoms with Gasteiger partial charge in [-0.25, -0.2) is 4.98 Å². The van der Waals surface area contributed by atoms with Crippen LogP contribution in [-0.4, -0.2) is 29.3 Å². The van der Waals surface area contributed by atoms with E-state index >= 15 is 0 Å². The zero-order valence-corrected chi connectivity index (χ0v) is 12.7. The summed E-state index contributed by atoms with van der Waals surface area (Å²) in [5.41, 5.74) is 2.08. The van der Waals surface area contributed by atoms with Crippen molar-refractivity contribution in [3.63, 3.8) is 0 Å². The Morgan fingerprint density at radius 1 is 1.40 bits per heavy atom. The van der Waals surface area contributed by atoms with E-state index in [0.717, 1.165) is 48.4 Å². The smallest absolute Gasteiger partial charge is 0.207 e. The maximum absolute atomic E-state index is 6.30. The van der Waals surface area contributed by atoms with Crippen LogP contribution in [0.4, 0.5) is 5.95 Å². The van der Waals surface area contributed by atoms with Gasteiger partial charge in [-0.15, -0.1) is 0 Å². The molecular formula is C15H20ClN3O. The van der Waals surface area contributed by atoms with Crippen LogP contribution in [0.1, 0.15) is 18.9 Å². The molecular weight excluding hydrogens is 274 g/mol. The van der Waals surface area contributed by atoms with Crippen molar-refractivity contribution in [2.75, 3.05) is 25.1 Å². The standard InChI is InChI=1S/C15H20ClN3O/c1-3-20-10-4-7-17-15-18-8-9-19(15)14-6-5-12(2)11-13(14)16/h5-6,8-9,11H,3-4,7,10H2,1-2H3,(H,17,18). The van der Waals surface area contributed by atoms with Crippen molar-refractivity contribution < 1.29 is 4.74 Å². The van der Waals surface area contributed by atoms with Gasteiger partial charge in [-0.3, -0.25) is 4.57 Å². The molecule has 0 radical (unpaired) electrons. The van der Waals surface area contributed by atoms with E-state index in [0.29, 0.717) is 0 Å². The molecule has 0 saturated heterocycles. The van der Waals surface area contributed by atoms with E-state index in [9.17, 15) is 0 Å². The first-order valence-electron chi connectivity index (χ1n) is 6.84. The Morgan fingerprint density at radius 2 is 2.25 bits per heavy atom. The van der Waals surface area contributed by atoms with E-state index in [1.165, 1.54) is 0 Å². The zero-order chi connectivity index (χ0) is 14.4. The lowest BCUT2D eigenvalue weighted by Gasteiger charge is -2.11. The number of imidazole rings is 1. The summed E-state index contributed by atoms with van der Waals surface area (Å²) in [7, 11) is 0. The maximum atomic E-state index is 6.30. The quantitative estimate of drug-likeness (QED) is 0.792. The van der Waals surface area contributed by atoms with Crippen LogP contribution < -0.4 is 5.32 Å². The van der Waals surface area contributed by atoms with Gasteiger partial charge in [0.05, 0.1) is 10.7 Å². The molecule has 5 heteroatoms. The minimum Gasteiger partial charge on any atom is -0.382 e. The lowest BCUT2D eigenvalue weighted by molar-refractivity contribution is 0.147. The van der Waals surface area contributed by atoms with E-state index in [-0.39, 0.29) is 0 Å². The number of hydrogen-bond donors (Lipinski definition) is 1. The van der Waals surface area contributed by atoms with Crippen LogP contribution in [0.25, 0.3) is 5.69 Å². The highest BCUT2D eigenvalue weighted by molar-refractivity contribution is 6.32. The fourth-order valence-electron chi connectivity index (χ4n) is 1.95. The third kappa shape index (κ3) is 3.74. The largest absolute Gasteiger partial charge is 0.382 e. The number of aromatic nitrogens is 2. The molecule has 108 valence electrons. The molecule has 0 spiro atoms. The summed E-state index contributed by atoms with van der Waals surface area (Å²) in [6, 6.07) is 6.00. The van der Waals surface area contributed by atoms with Crippen molar-refractivity contribution >= 4 is 17.5 Å². The number of aryl methyl sites for hydroxylation is 1. The number of nitrogens with zero attached hydrogens (tertiary/aromatic N) is 2. The Hall–Kier alpha value is -1.52. The fraction of sp³-hybridized carbons (Fsp3) is 0.400. The van der Waals surface area contributed by atoms with Crippen molar-refractivity contribution in [1.29, 1.82) is 0 Å². The average Bonchev–Trinajstić information content (AvgIpc) is 2.87.